The van der Waals surface area contributed by atoms with E-state index in [2.05, 4.69) is 60.9 Å². The van der Waals surface area contributed by atoms with Gasteiger partial charge in [-0.1, -0.05) is 54.6 Å². The van der Waals surface area contributed by atoms with Crippen LogP contribution in [0.5, 0.6) is 0 Å². The summed E-state index contributed by atoms with van der Waals surface area (Å²) in [6.07, 6.45) is 4.52. The van der Waals surface area contributed by atoms with Crippen LogP contribution in [-0.2, 0) is 11.2 Å². The molecule has 3 nitrogen and oxygen atoms in total. The molecule has 0 bridgehead atoms. The molecule has 0 aliphatic carbocycles. The second-order valence-corrected chi connectivity index (χ2v) is 7.06. The molecule has 0 unspecified atom stereocenters. The Morgan fingerprint density at radius 2 is 1.74 bits per heavy atom. The maximum Gasteiger partial charge on any atom is 0.250 e. The van der Waals surface area contributed by atoms with Crippen LogP contribution >= 0.6 is 12.4 Å². The number of nitrogens with zero attached hydrogens (tertiary/aromatic N) is 2. The monoisotopic (exact) mass is 384 g/mol. The number of halogens is 1. The summed E-state index contributed by atoms with van der Waals surface area (Å²) >= 11 is 0. The summed E-state index contributed by atoms with van der Waals surface area (Å²) in [4.78, 5) is 16.9. The minimum absolute atomic E-state index is 0. The van der Waals surface area contributed by atoms with Gasteiger partial charge < -0.3 is 9.80 Å². The Morgan fingerprint density at radius 1 is 1.11 bits per heavy atom. The summed E-state index contributed by atoms with van der Waals surface area (Å²) in [6.45, 7) is 8.90. The van der Waals surface area contributed by atoms with E-state index in [4.69, 9.17) is 0 Å². The molecule has 1 aliphatic heterocycles. The Kier molecular flexibility index (Phi) is 8.08. The van der Waals surface area contributed by atoms with Crippen molar-refractivity contribution in [2.45, 2.75) is 32.2 Å². The van der Waals surface area contributed by atoms with Crippen LogP contribution in [0.3, 0.4) is 0 Å². The highest BCUT2D eigenvalue weighted by Crippen LogP contribution is 2.25. The summed E-state index contributed by atoms with van der Waals surface area (Å²) < 4.78 is 0. The van der Waals surface area contributed by atoms with Gasteiger partial charge in [0, 0.05) is 31.4 Å². The molecule has 0 aromatic heterocycles. The van der Waals surface area contributed by atoms with Crippen LogP contribution in [0.25, 0.3) is 0 Å². The van der Waals surface area contributed by atoms with Crippen molar-refractivity contribution < 1.29 is 4.79 Å². The van der Waals surface area contributed by atoms with Gasteiger partial charge in [0.05, 0.1) is 0 Å². The van der Waals surface area contributed by atoms with Crippen LogP contribution in [0.15, 0.2) is 67.3 Å². The van der Waals surface area contributed by atoms with Gasteiger partial charge in [-0.2, -0.15) is 0 Å². The molecular weight excluding hydrogens is 356 g/mol. The Labute approximate surface area is 169 Å². The smallest absolute Gasteiger partial charge is 0.250 e. The van der Waals surface area contributed by atoms with E-state index in [-0.39, 0.29) is 24.4 Å². The number of piperidine rings is 1. The van der Waals surface area contributed by atoms with E-state index in [1.165, 1.54) is 17.2 Å². The first-order valence-corrected chi connectivity index (χ1v) is 9.46. The Morgan fingerprint density at radius 3 is 2.33 bits per heavy atom. The van der Waals surface area contributed by atoms with Crippen molar-refractivity contribution in [3.8, 4) is 0 Å². The number of rotatable bonds is 6. The van der Waals surface area contributed by atoms with Gasteiger partial charge >= 0.3 is 0 Å². The van der Waals surface area contributed by atoms with Crippen molar-refractivity contribution in [1.82, 2.24) is 4.90 Å². The molecule has 0 radical (unpaired) electrons. The zero-order chi connectivity index (χ0) is 18.4. The number of benzene rings is 2. The van der Waals surface area contributed by atoms with E-state index in [0.29, 0.717) is 0 Å². The molecular formula is C23H29ClN2O. The van der Waals surface area contributed by atoms with Crippen LogP contribution in [0, 0.1) is 6.92 Å². The molecule has 1 aliphatic rings. The van der Waals surface area contributed by atoms with Crippen molar-refractivity contribution in [2.75, 3.05) is 24.5 Å². The molecule has 0 spiro atoms. The van der Waals surface area contributed by atoms with Gasteiger partial charge in [0.2, 0.25) is 0 Å². The molecule has 0 saturated carbocycles. The fourth-order valence-electron chi connectivity index (χ4n) is 3.65. The Hall–Kier alpha value is -2.10. The van der Waals surface area contributed by atoms with E-state index in [0.717, 1.165) is 44.6 Å². The summed E-state index contributed by atoms with van der Waals surface area (Å²) in [6, 6.07) is 19.1. The van der Waals surface area contributed by atoms with E-state index in [1.807, 2.05) is 17.0 Å². The average Bonchev–Trinajstić information content (AvgIpc) is 2.69. The molecule has 0 N–H and O–H groups in total. The van der Waals surface area contributed by atoms with Crippen molar-refractivity contribution in [3.05, 3.63) is 78.4 Å². The largest absolute Gasteiger partial charge is 0.306 e. The van der Waals surface area contributed by atoms with Gasteiger partial charge in [-0.25, -0.2) is 0 Å². The van der Waals surface area contributed by atoms with Gasteiger partial charge in [-0.05, 0) is 50.0 Å². The Balaban J connectivity index is 0.00000261. The molecule has 4 heteroatoms. The number of aryl methyl sites for hydroxylation is 1. The SMILES string of the molecule is C=CC(=O)N(c1ccc(C)cc1)C1CCN(CCc2ccccc2)CC1.Cl. The third-order valence-corrected chi connectivity index (χ3v) is 5.21. The number of likely N-dealkylation sites (tertiary alicyclic amines) is 1. The van der Waals surface area contributed by atoms with Crippen LogP contribution < -0.4 is 4.90 Å². The van der Waals surface area contributed by atoms with Crippen molar-refractivity contribution >= 4 is 24.0 Å². The Bertz CT molecular complexity index is 722. The van der Waals surface area contributed by atoms with Gasteiger partial charge in [0.15, 0.2) is 0 Å². The second kappa shape index (κ2) is 10.3. The molecule has 144 valence electrons. The molecule has 2 aromatic carbocycles. The van der Waals surface area contributed by atoms with Crippen LogP contribution in [0.4, 0.5) is 5.69 Å². The number of carbonyl (C=O) groups excluding carboxylic acids is 1. The fourth-order valence-corrected chi connectivity index (χ4v) is 3.65. The lowest BCUT2D eigenvalue weighted by molar-refractivity contribution is -0.114. The molecule has 1 fully saturated rings. The van der Waals surface area contributed by atoms with Crippen molar-refractivity contribution in [1.29, 1.82) is 0 Å². The highest BCUT2D eigenvalue weighted by Gasteiger charge is 2.27. The van der Waals surface area contributed by atoms with Crippen LogP contribution in [-0.4, -0.2) is 36.5 Å². The fraction of sp³-hybridized carbons (Fsp3) is 0.348. The molecule has 3 rings (SSSR count). The summed E-state index contributed by atoms with van der Waals surface area (Å²) in [7, 11) is 0. The number of carbonyl (C=O) groups is 1. The molecule has 1 saturated heterocycles. The predicted octanol–water partition coefficient (Wildman–Crippen LogP) is 4.64. The third-order valence-electron chi connectivity index (χ3n) is 5.21. The average molecular weight is 385 g/mol. The van der Waals surface area contributed by atoms with Gasteiger partial charge in [-0.15, -0.1) is 12.4 Å². The zero-order valence-electron chi connectivity index (χ0n) is 16.0. The summed E-state index contributed by atoms with van der Waals surface area (Å²) in [5, 5.41) is 0. The topological polar surface area (TPSA) is 23.6 Å². The maximum absolute atomic E-state index is 12.5. The molecule has 27 heavy (non-hydrogen) atoms. The maximum atomic E-state index is 12.5. The van der Waals surface area contributed by atoms with Gasteiger partial charge in [0.25, 0.3) is 5.91 Å². The first-order chi connectivity index (χ1) is 12.7. The number of amides is 1. The van der Waals surface area contributed by atoms with Crippen molar-refractivity contribution in [2.24, 2.45) is 0 Å². The third kappa shape index (κ3) is 5.69. The number of anilines is 1. The standard InChI is InChI=1S/C23H28N2O.ClH/c1-3-23(26)25(21-11-9-19(2)10-12-21)22-14-17-24(18-15-22)16-13-20-7-5-4-6-8-20;/h3-12,22H,1,13-18H2,2H3;1H. The quantitative estimate of drug-likeness (QED) is 0.677. The number of hydrogen-bond acceptors (Lipinski definition) is 2. The van der Waals surface area contributed by atoms with Gasteiger partial charge in [-0.3, -0.25) is 4.79 Å². The minimum Gasteiger partial charge on any atom is -0.306 e. The lowest BCUT2D eigenvalue weighted by atomic mass is 10.0. The van der Waals surface area contributed by atoms with E-state index >= 15 is 0 Å². The van der Waals surface area contributed by atoms with E-state index < -0.39 is 0 Å². The molecule has 1 heterocycles. The lowest BCUT2D eigenvalue weighted by Gasteiger charge is -2.38. The minimum atomic E-state index is -0.00316. The normalized spacial score (nSPS) is 15.0. The first kappa shape index (κ1) is 21.2. The lowest BCUT2D eigenvalue weighted by Crippen LogP contribution is -2.47. The van der Waals surface area contributed by atoms with Crippen LogP contribution in [0.2, 0.25) is 0 Å². The highest BCUT2D eigenvalue weighted by molar-refractivity contribution is 6.01. The highest BCUT2D eigenvalue weighted by atomic mass is 35.5. The zero-order valence-corrected chi connectivity index (χ0v) is 16.8. The molecule has 1 amide bonds. The summed E-state index contributed by atoms with van der Waals surface area (Å²) in [5.74, 6) is -0.00316. The molecule has 0 atom stereocenters. The first-order valence-electron chi connectivity index (χ1n) is 9.46. The summed E-state index contributed by atoms with van der Waals surface area (Å²) in [5.41, 5.74) is 3.57. The number of hydrogen-bond donors (Lipinski definition) is 0. The van der Waals surface area contributed by atoms with Gasteiger partial charge in [0.1, 0.15) is 0 Å². The van der Waals surface area contributed by atoms with E-state index in [1.54, 1.807) is 0 Å². The predicted molar refractivity (Wildman–Crippen MR) is 116 cm³/mol. The molecule has 2 aromatic rings. The second-order valence-electron chi connectivity index (χ2n) is 7.06. The van der Waals surface area contributed by atoms with E-state index in [9.17, 15) is 4.79 Å². The van der Waals surface area contributed by atoms with Crippen molar-refractivity contribution in [3.63, 3.8) is 0 Å². The van der Waals surface area contributed by atoms with Crippen LogP contribution in [0.1, 0.15) is 24.0 Å².